The summed E-state index contributed by atoms with van der Waals surface area (Å²) in [6, 6.07) is 11.5. The zero-order chi connectivity index (χ0) is 19.3. The molecule has 0 N–H and O–H groups in total. The summed E-state index contributed by atoms with van der Waals surface area (Å²) in [4.78, 5) is 20.3. The van der Waals surface area contributed by atoms with E-state index in [1.807, 2.05) is 48.2 Å². The SMILES string of the molecule is Cc1cccc(OCC(=O)N2CCN(c3ccc(-n4cncn4)nn3)CC2)c1. The van der Waals surface area contributed by atoms with Crippen LogP contribution in [0.4, 0.5) is 5.82 Å². The van der Waals surface area contributed by atoms with Crippen LogP contribution in [0.15, 0.2) is 49.1 Å². The van der Waals surface area contributed by atoms with Crippen LogP contribution in [0.25, 0.3) is 5.82 Å². The van der Waals surface area contributed by atoms with Crippen LogP contribution in [0.2, 0.25) is 0 Å². The number of hydrogen-bond donors (Lipinski definition) is 0. The normalized spacial score (nSPS) is 14.2. The van der Waals surface area contributed by atoms with E-state index in [1.54, 1.807) is 11.0 Å². The number of aromatic nitrogens is 5. The third kappa shape index (κ3) is 4.08. The van der Waals surface area contributed by atoms with Crippen molar-refractivity contribution in [2.75, 3.05) is 37.7 Å². The topological polar surface area (TPSA) is 89.3 Å². The molecule has 4 rings (SSSR count). The van der Waals surface area contributed by atoms with E-state index in [9.17, 15) is 4.79 Å². The van der Waals surface area contributed by atoms with E-state index in [-0.39, 0.29) is 12.5 Å². The number of rotatable bonds is 5. The van der Waals surface area contributed by atoms with Gasteiger partial charge in [-0.15, -0.1) is 10.2 Å². The number of piperazine rings is 1. The van der Waals surface area contributed by atoms with E-state index < -0.39 is 0 Å². The average Bonchev–Trinajstić information content (AvgIpc) is 3.27. The Hall–Kier alpha value is -3.49. The van der Waals surface area contributed by atoms with E-state index in [4.69, 9.17) is 4.74 Å². The fourth-order valence-electron chi connectivity index (χ4n) is 3.06. The zero-order valence-electron chi connectivity index (χ0n) is 15.6. The van der Waals surface area contributed by atoms with E-state index in [1.165, 1.54) is 6.33 Å². The average molecular weight is 379 g/mol. The number of carbonyl (C=O) groups is 1. The maximum atomic E-state index is 12.4. The third-order valence-corrected chi connectivity index (χ3v) is 4.60. The molecular weight excluding hydrogens is 358 g/mol. The summed E-state index contributed by atoms with van der Waals surface area (Å²) in [5.41, 5.74) is 1.11. The van der Waals surface area contributed by atoms with Gasteiger partial charge < -0.3 is 14.5 Å². The number of benzene rings is 1. The number of nitrogens with zero attached hydrogens (tertiary/aromatic N) is 7. The lowest BCUT2D eigenvalue weighted by Crippen LogP contribution is -2.50. The van der Waals surface area contributed by atoms with Crippen LogP contribution in [0, 0.1) is 6.92 Å². The van der Waals surface area contributed by atoms with Gasteiger partial charge in [-0.05, 0) is 36.8 Å². The van der Waals surface area contributed by atoms with Gasteiger partial charge >= 0.3 is 0 Å². The van der Waals surface area contributed by atoms with Gasteiger partial charge in [-0.3, -0.25) is 4.79 Å². The summed E-state index contributed by atoms with van der Waals surface area (Å²) < 4.78 is 7.18. The second-order valence-corrected chi connectivity index (χ2v) is 6.56. The van der Waals surface area contributed by atoms with Gasteiger partial charge in [0.1, 0.15) is 18.4 Å². The number of carbonyl (C=O) groups excluding carboxylic acids is 1. The van der Waals surface area contributed by atoms with Gasteiger partial charge in [-0.25, -0.2) is 9.67 Å². The Morgan fingerprint density at radius 1 is 1.07 bits per heavy atom. The van der Waals surface area contributed by atoms with Crippen LogP contribution < -0.4 is 9.64 Å². The molecular formula is C19H21N7O2. The molecule has 1 aliphatic heterocycles. The van der Waals surface area contributed by atoms with Crippen LogP contribution in [0.5, 0.6) is 5.75 Å². The van der Waals surface area contributed by atoms with Gasteiger partial charge in [0.05, 0.1) is 0 Å². The Morgan fingerprint density at radius 2 is 1.86 bits per heavy atom. The second kappa shape index (κ2) is 8.03. The highest BCUT2D eigenvalue weighted by Gasteiger charge is 2.22. The van der Waals surface area contributed by atoms with Crippen LogP contribution in [0.3, 0.4) is 0 Å². The van der Waals surface area contributed by atoms with E-state index >= 15 is 0 Å². The lowest BCUT2D eigenvalue weighted by atomic mass is 10.2. The van der Waals surface area contributed by atoms with E-state index in [2.05, 4.69) is 25.2 Å². The Morgan fingerprint density at radius 3 is 2.54 bits per heavy atom. The Bertz CT molecular complexity index is 920. The maximum Gasteiger partial charge on any atom is 0.260 e. The van der Waals surface area contributed by atoms with E-state index in [0.29, 0.717) is 32.0 Å². The lowest BCUT2D eigenvalue weighted by molar-refractivity contribution is -0.133. The smallest absolute Gasteiger partial charge is 0.260 e. The lowest BCUT2D eigenvalue weighted by Gasteiger charge is -2.35. The Kier molecular flexibility index (Phi) is 5.14. The summed E-state index contributed by atoms with van der Waals surface area (Å²) in [5.74, 6) is 2.11. The third-order valence-electron chi connectivity index (χ3n) is 4.60. The van der Waals surface area contributed by atoms with Crippen molar-refractivity contribution in [3.63, 3.8) is 0 Å². The van der Waals surface area contributed by atoms with Crippen molar-refractivity contribution >= 4 is 11.7 Å². The number of ether oxygens (including phenoxy) is 1. The first-order chi connectivity index (χ1) is 13.7. The minimum Gasteiger partial charge on any atom is -0.484 e. The minimum atomic E-state index is -0.00577. The van der Waals surface area contributed by atoms with Crippen LogP contribution in [-0.2, 0) is 4.79 Å². The molecule has 9 heteroatoms. The van der Waals surface area contributed by atoms with Crippen molar-refractivity contribution in [3.05, 3.63) is 54.6 Å². The molecule has 1 fully saturated rings. The molecule has 1 saturated heterocycles. The quantitative estimate of drug-likeness (QED) is 0.656. The van der Waals surface area contributed by atoms with Gasteiger partial charge in [0, 0.05) is 26.2 Å². The monoisotopic (exact) mass is 379 g/mol. The summed E-state index contributed by atoms with van der Waals surface area (Å²) in [5, 5.41) is 12.5. The van der Waals surface area contributed by atoms with Gasteiger partial charge in [0.15, 0.2) is 18.2 Å². The van der Waals surface area contributed by atoms with Crippen molar-refractivity contribution in [2.45, 2.75) is 6.92 Å². The van der Waals surface area contributed by atoms with Gasteiger partial charge in [-0.2, -0.15) is 5.10 Å². The van der Waals surface area contributed by atoms with Crippen molar-refractivity contribution < 1.29 is 9.53 Å². The van der Waals surface area contributed by atoms with Crippen LogP contribution in [-0.4, -0.2) is 68.6 Å². The Balaban J connectivity index is 1.28. The standard InChI is InChI=1S/C19H21N7O2/c1-15-3-2-4-16(11-15)28-12-19(27)25-9-7-24(8-10-25)17-5-6-18(23-22-17)26-14-20-13-21-26/h2-6,11,13-14H,7-10,12H2,1H3. The molecule has 144 valence electrons. The fraction of sp³-hybridized carbons (Fsp3) is 0.316. The van der Waals surface area contributed by atoms with Crippen molar-refractivity contribution in [2.24, 2.45) is 0 Å². The zero-order valence-corrected chi connectivity index (χ0v) is 15.6. The molecule has 1 aliphatic rings. The molecule has 2 aromatic heterocycles. The number of hydrogen-bond acceptors (Lipinski definition) is 7. The number of anilines is 1. The summed E-state index contributed by atoms with van der Waals surface area (Å²) in [6.45, 7) is 4.71. The molecule has 0 aliphatic carbocycles. The molecule has 1 amide bonds. The second-order valence-electron chi connectivity index (χ2n) is 6.56. The predicted octanol–water partition coefficient (Wildman–Crippen LogP) is 1.09. The van der Waals surface area contributed by atoms with Crippen LogP contribution in [0.1, 0.15) is 5.56 Å². The first kappa shape index (κ1) is 17.9. The summed E-state index contributed by atoms with van der Waals surface area (Å²) >= 11 is 0. The first-order valence-corrected chi connectivity index (χ1v) is 9.10. The van der Waals surface area contributed by atoms with Gasteiger partial charge in [0.2, 0.25) is 0 Å². The molecule has 0 saturated carbocycles. The predicted molar refractivity (Wildman–Crippen MR) is 102 cm³/mol. The Labute approximate surface area is 162 Å². The highest BCUT2D eigenvalue weighted by Crippen LogP contribution is 2.15. The van der Waals surface area contributed by atoms with Gasteiger partial charge in [0.25, 0.3) is 5.91 Å². The largest absolute Gasteiger partial charge is 0.484 e. The molecule has 0 atom stereocenters. The maximum absolute atomic E-state index is 12.4. The molecule has 0 unspecified atom stereocenters. The summed E-state index contributed by atoms with van der Waals surface area (Å²) in [6.07, 6.45) is 3.03. The molecule has 0 radical (unpaired) electrons. The number of amides is 1. The van der Waals surface area contributed by atoms with Crippen molar-refractivity contribution in [3.8, 4) is 11.6 Å². The highest BCUT2D eigenvalue weighted by atomic mass is 16.5. The van der Waals surface area contributed by atoms with Crippen molar-refractivity contribution in [1.29, 1.82) is 0 Å². The fourth-order valence-corrected chi connectivity index (χ4v) is 3.06. The van der Waals surface area contributed by atoms with E-state index in [0.717, 1.165) is 17.1 Å². The molecule has 28 heavy (non-hydrogen) atoms. The molecule has 3 aromatic rings. The molecule has 1 aromatic carbocycles. The van der Waals surface area contributed by atoms with Crippen LogP contribution >= 0.6 is 0 Å². The van der Waals surface area contributed by atoms with Crippen molar-refractivity contribution in [1.82, 2.24) is 29.9 Å². The summed E-state index contributed by atoms with van der Waals surface area (Å²) in [7, 11) is 0. The molecule has 3 heterocycles. The number of aryl methyl sites for hydroxylation is 1. The van der Waals surface area contributed by atoms with Gasteiger partial charge in [-0.1, -0.05) is 12.1 Å². The molecule has 0 bridgehead atoms. The highest BCUT2D eigenvalue weighted by molar-refractivity contribution is 5.78. The minimum absolute atomic E-state index is 0.00577. The molecule has 9 nitrogen and oxygen atoms in total. The first-order valence-electron chi connectivity index (χ1n) is 9.10. The molecule has 0 spiro atoms.